The van der Waals surface area contributed by atoms with Crippen LogP contribution >= 0.6 is 11.6 Å². The SMILES string of the molecule is CCCn1ncnc1C(=O)COc1ccc(Cl)cc1. The highest BCUT2D eigenvalue weighted by atomic mass is 35.5. The van der Waals surface area contributed by atoms with E-state index in [4.69, 9.17) is 16.3 Å². The van der Waals surface area contributed by atoms with Crippen LogP contribution in [0.25, 0.3) is 0 Å². The van der Waals surface area contributed by atoms with E-state index in [0.717, 1.165) is 6.42 Å². The molecule has 100 valence electrons. The zero-order valence-corrected chi connectivity index (χ0v) is 11.3. The lowest BCUT2D eigenvalue weighted by molar-refractivity contribution is 0.0905. The summed E-state index contributed by atoms with van der Waals surface area (Å²) in [4.78, 5) is 15.9. The van der Waals surface area contributed by atoms with Gasteiger partial charge >= 0.3 is 0 Å². The first kappa shape index (κ1) is 13.5. The molecule has 0 N–H and O–H groups in total. The van der Waals surface area contributed by atoms with Crippen LogP contribution in [0.3, 0.4) is 0 Å². The van der Waals surface area contributed by atoms with E-state index in [9.17, 15) is 4.79 Å². The molecule has 0 saturated carbocycles. The Balaban J connectivity index is 1.97. The highest BCUT2D eigenvalue weighted by Crippen LogP contribution is 2.15. The molecule has 1 heterocycles. The number of Topliss-reactive ketones (excluding diaryl/α,β-unsaturated/α-hetero) is 1. The van der Waals surface area contributed by atoms with Gasteiger partial charge in [0.1, 0.15) is 12.1 Å². The number of hydrogen-bond acceptors (Lipinski definition) is 4. The number of aromatic nitrogens is 3. The van der Waals surface area contributed by atoms with E-state index in [1.54, 1.807) is 28.9 Å². The summed E-state index contributed by atoms with van der Waals surface area (Å²) >= 11 is 5.77. The van der Waals surface area contributed by atoms with Gasteiger partial charge in [0.15, 0.2) is 12.4 Å². The third kappa shape index (κ3) is 3.54. The first-order valence-corrected chi connectivity index (χ1v) is 6.38. The van der Waals surface area contributed by atoms with E-state index >= 15 is 0 Å². The summed E-state index contributed by atoms with van der Waals surface area (Å²) in [6, 6.07) is 6.85. The van der Waals surface area contributed by atoms with Crippen LogP contribution in [0.1, 0.15) is 24.0 Å². The van der Waals surface area contributed by atoms with Crippen molar-refractivity contribution in [2.24, 2.45) is 0 Å². The number of aryl methyl sites for hydroxylation is 1. The summed E-state index contributed by atoms with van der Waals surface area (Å²) in [5, 5.41) is 4.63. The molecule has 0 aliphatic carbocycles. The zero-order valence-electron chi connectivity index (χ0n) is 10.5. The topological polar surface area (TPSA) is 57.0 Å². The summed E-state index contributed by atoms with van der Waals surface area (Å²) in [6.07, 6.45) is 2.27. The van der Waals surface area contributed by atoms with Crippen molar-refractivity contribution in [2.75, 3.05) is 6.61 Å². The second-order valence-corrected chi connectivity index (χ2v) is 4.41. The summed E-state index contributed by atoms with van der Waals surface area (Å²) in [7, 11) is 0. The first-order valence-electron chi connectivity index (χ1n) is 6.00. The highest BCUT2D eigenvalue weighted by Gasteiger charge is 2.14. The van der Waals surface area contributed by atoms with Gasteiger partial charge < -0.3 is 4.74 Å². The van der Waals surface area contributed by atoms with Crippen LogP contribution in [-0.2, 0) is 6.54 Å². The third-order valence-electron chi connectivity index (χ3n) is 2.48. The second kappa shape index (κ2) is 6.33. The van der Waals surface area contributed by atoms with E-state index in [2.05, 4.69) is 10.1 Å². The Morgan fingerprint density at radius 3 is 2.79 bits per heavy atom. The monoisotopic (exact) mass is 279 g/mol. The van der Waals surface area contributed by atoms with Gasteiger partial charge in [0, 0.05) is 11.6 Å². The molecular weight excluding hydrogens is 266 g/mol. The second-order valence-electron chi connectivity index (χ2n) is 3.97. The number of benzene rings is 1. The van der Waals surface area contributed by atoms with Gasteiger partial charge in [-0.15, -0.1) is 0 Å². The average molecular weight is 280 g/mol. The Hall–Kier alpha value is -1.88. The lowest BCUT2D eigenvalue weighted by Gasteiger charge is -2.06. The Bertz CT molecular complexity index is 551. The van der Waals surface area contributed by atoms with Crippen molar-refractivity contribution >= 4 is 17.4 Å². The van der Waals surface area contributed by atoms with E-state index in [1.807, 2.05) is 6.92 Å². The fraction of sp³-hybridized carbons (Fsp3) is 0.308. The number of ketones is 1. The number of nitrogens with zero attached hydrogens (tertiary/aromatic N) is 3. The largest absolute Gasteiger partial charge is 0.485 e. The maximum Gasteiger partial charge on any atom is 0.237 e. The van der Waals surface area contributed by atoms with Crippen LogP contribution in [0, 0.1) is 0 Å². The van der Waals surface area contributed by atoms with Crippen LogP contribution in [0.5, 0.6) is 5.75 Å². The molecule has 0 spiro atoms. The molecule has 0 bridgehead atoms. The smallest absolute Gasteiger partial charge is 0.237 e. The molecule has 0 saturated heterocycles. The minimum Gasteiger partial charge on any atom is -0.485 e. The number of ether oxygens (including phenoxy) is 1. The molecule has 0 amide bonds. The minimum atomic E-state index is -0.194. The zero-order chi connectivity index (χ0) is 13.7. The van der Waals surface area contributed by atoms with Crippen LogP contribution in [-0.4, -0.2) is 27.2 Å². The quantitative estimate of drug-likeness (QED) is 0.763. The Morgan fingerprint density at radius 2 is 2.11 bits per heavy atom. The van der Waals surface area contributed by atoms with E-state index in [1.165, 1.54) is 6.33 Å². The van der Waals surface area contributed by atoms with Gasteiger partial charge in [-0.2, -0.15) is 5.10 Å². The third-order valence-corrected chi connectivity index (χ3v) is 2.74. The molecule has 0 unspecified atom stereocenters. The number of hydrogen-bond donors (Lipinski definition) is 0. The van der Waals surface area contributed by atoms with Crippen molar-refractivity contribution in [1.29, 1.82) is 0 Å². The fourth-order valence-electron chi connectivity index (χ4n) is 1.60. The van der Waals surface area contributed by atoms with Crippen molar-refractivity contribution in [2.45, 2.75) is 19.9 Å². The molecule has 0 aliphatic rings. The van der Waals surface area contributed by atoms with E-state index in [0.29, 0.717) is 23.1 Å². The van der Waals surface area contributed by atoms with E-state index in [-0.39, 0.29) is 12.4 Å². The van der Waals surface area contributed by atoms with Gasteiger partial charge in [-0.3, -0.25) is 4.79 Å². The molecule has 0 fully saturated rings. The van der Waals surface area contributed by atoms with Gasteiger partial charge in [-0.25, -0.2) is 9.67 Å². The van der Waals surface area contributed by atoms with Crippen LogP contribution in [0.15, 0.2) is 30.6 Å². The van der Waals surface area contributed by atoms with Crippen molar-refractivity contribution in [3.05, 3.63) is 41.4 Å². The molecule has 0 aliphatic heterocycles. The molecule has 19 heavy (non-hydrogen) atoms. The lowest BCUT2D eigenvalue weighted by Crippen LogP contribution is -2.18. The number of halogens is 1. The summed E-state index contributed by atoms with van der Waals surface area (Å²) in [6.45, 7) is 2.62. The first-order chi connectivity index (χ1) is 9.20. The fourth-order valence-corrected chi connectivity index (χ4v) is 1.73. The van der Waals surface area contributed by atoms with Crippen molar-refractivity contribution in [3.8, 4) is 5.75 Å². The Morgan fingerprint density at radius 1 is 1.37 bits per heavy atom. The van der Waals surface area contributed by atoms with Gasteiger partial charge in [-0.05, 0) is 30.7 Å². The molecule has 2 rings (SSSR count). The van der Waals surface area contributed by atoms with Crippen molar-refractivity contribution in [1.82, 2.24) is 14.8 Å². The average Bonchev–Trinajstić information content (AvgIpc) is 2.86. The minimum absolute atomic E-state index is 0.0654. The summed E-state index contributed by atoms with van der Waals surface area (Å²) in [5.41, 5.74) is 0. The molecule has 1 aromatic heterocycles. The number of carbonyl (C=O) groups is 1. The highest BCUT2D eigenvalue weighted by molar-refractivity contribution is 6.30. The summed E-state index contributed by atoms with van der Waals surface area (Å²) < 4.78 is 6.98. The maximum absolute atomic E-state index is 12.0. The van der Waals surface area contributed by atoms with Gasteiger partial charge in [0.25, 0.3) is 0 Å². The van der Waals surface area contributed by atoms with Gasteiger partial charge in [-0.1, -0.05) is 18.5 Å². The normalized spacial score (nSPS) is 10.4. The van der Waals surface area contributed by atoms with E-state index < -0.39 is 0 Å². The molecule has 6 heteroatoms. The molecule has 0 atom stereocenters. The lowest BCUT2D eigenvalue weighted by atomic mass is 10.3. The molecule has 2 aromatic rings. The predicted molar refractivity (Wildman–Crippen MR) is 71.6 cm³/mol. The van der Waals surface area contributed by atoms with Gasteiger partial charge in [0.05, 0.1) is 0 Å². The maximum atomic E-state index is 12.0. The Kier molecular flexibility index (Phi) is 4.52. The molecule has 1 aromatic carbocycles. The predicted octanol–water partition coefficient (Wildman–Crippen LogP) is 2.60. The van der Waals surface area contributed by atoms with Crippen LogP contribution in [0.4, 0.5) is 0 Å². The number of rotatable bonds is 6. The van der Waals surface area contributed by atoms with Gasteiger partial charge in [0.2, 0.25) is 5.78 Å². The Labute approximate surface area is 116 Å². The standard InChI is InChI=1S/C13H14ClN3O2/c1-2-7-17-13(15-9-16-17)12(18)8-19-11-5-3-10(14)4-6-11/h3-6,9H,2,7-8H2,1H3. The molecule has 5 nitrogen and oxygen atoms in total. The molecular formula is C13H14ClN3O2. The summed E-state index contributed by atoms with van der Waals surface area (Å²) in [5.74, 6) is 0.732. The van der Waals surface area contributed by atoms with Crippen LogP contribution < -0.4 is 4.74 Å². The number of carbonyl (C=O) groups excluding carboxylic acids is 1. The van der Waals surface area contributed by atoms with Crippen molar-refractivity contribution < 1.29 is 9.53 Å². The molecule has 0 radical (unpaired) electrons. The van der Waals surface area contributed by atoms with Crippen molar-refractivity contribution in [3.63, 3.8) is 0 Å². The van der Waals surface area contributed by atoms with Crippen LogP contribution in [0.2, 0.25) is 5.02 Å².